The van der Waals surface area contributed by atoms with Crippen LogP contribution in [0.2, 0.25) is 5.02 Å². The zero-order valence-corrected chi connectivity index (χ0v) is 17.4. The molecule has 0 saturated heterocycles. The highest BCUT2D eigenvalue weighted by molar-refractivity contribution is 6.30. The van der Waals surface area contributed by atoms with Crippen molar-refractivity contribution >= 4 is 29.1 Å². The molecule has 1 saturated carbocycles. The van der Waals surface area contributed by atoms with E-state index in [-0.39, 0.29) is 35.4 Å². The minimum absolute atomic E-state index is 0.0311. The number of oxazole rings is 1. The first kappa shape index (κ1) is 20.4. The largest absolute Gasteiger partial charge is 0.443 e. The number of aromatic nitrogens is 1. The number of rotatable bonds is 6. The fourth-order valence-electron chi connectivity index (χ4n) is 3.16. The Morgan fingerprint density at radius 1 is 1.25 bits per heavy atom. The predicted octanol–water partition coefficient (Wildman–Crippen LogP) is 4.81. The lowest BCUT2D eigenvalue weighted by Gasteiger charge is -2.27. The molecule has 1 aromatic carbocycles. The molecule has 150 valence electrons. The average Bonchev–Trinajstić information content (AvgIpc) is 2.94. The summed E-state index contributed by atoms with van der Waals surface area (Å²) in [4.78, 5) is 29.5. The third-order valence-electron chi connectivity index (χ3n) is 5.17. The van der Waals surface area contributed by atoms with Gasteiger partial charge in [-0.05, 0) is 56.4 Å². The smallest absolute Gasteiger partial charge is 0.277 e. The standard InChI is InChI=1S/C21H26ClN3O3/c1-11(2)17(24-19(26)14-6-5-7-14)21-25-18(13(4)28-21)20(27)23-16-9-8-15(22)10-12(16)3/h8-11,14,17H,5-7H2,1-4H3,(H,23,27)(H,24,26)/t17-/m1/s1. The SMILES string of the molecule is Cc1cc(Cl)ccc1NC(=O)c1nc([C@H](NC(=O)C2CCC2)C(C)C)oc1C. The summed E-state index contributed by atoms with van der Waals surface area (Å²) in [7, 11) is 0. The Bertz CT molecular complexity index is 887. The number of halogens is 1. The number of anilines is 1. The van der Waals surface area contributed by atoms with Crippen molar-refractivity contribution in [3.63, 3.8) is 0 Å². The normalized spacial score (nSPS) is 15.2. The molecular formula is C21H26ClN3O3. The Morgan fingerprint density at radius 3 is 2.54 bits per heavy atom. The van der Waals surface area contributed by atoms with Gasteiger partial charge in [-0.15, -0.1) is 0 Å². The molecule has 1 aromatic heterocycles. The Hall–Kier alpha value is -2.34. The van der Waals surface area contributed by atoms with Crippen LogP contribution in [0.5, 0.6) is 0 Å². The maximum Gasteiger partial charge on any atom is 0.277 e. The van der Waals surface area contributed by atoms with Gasteiger partial charge in [0.2, 0.25) is 11.8 Å². The highest BCUT2D eigenvalue weighted by atomic mass is 35.5. The van der Waals surface area contributed by atoms with Crippen molar-refractivity contribution in [2.45, 2.75) is 53.0 Å². The van der Waals surface area contributed by atoms with Crippen molar-refractivity contribution in [1.29, 1.82) is 0 Å². The second-order valence-electron chi connectivity index (χ2n) is 7.73. The van der Waals surface area contributed by atoms with Gasteiger partial charge in [-0.1, -0.05) is 31.9 Å². The van der Waals surface area contributed by atoms with E-state index in [2.05, 4.69) is 15.6 Å². The first-order chi connectivity index (χ1) is 13.3. The second-order valence-corrected chi connectivity index (χ2v) is 8.16. The van der Waals surface area contributed by atoms with Gasteiger partial charge >= 0.3 is 0 Å². The molecule has 7 heteroatoms. The molecule has 3 rings (SSSR count). The van der Waals surface area contributed by atoms with Gasteiger partial charge < -0.3 is 15.1 Å². The summed E-state index contributed by atoms with van der Waals surface area (Å²) in [6, 6.07) is 4.88. The Kier molecular flexibility index (Phi) is 6.08. The van der Waals surface area contributed by atoms with Gasteiger partial charge in [-0.3, -0.25) is 9.59 Å². The zero-order valence-electron chi connectivity index (χ0n) is 16.6. The number of benzene rings is 1. The first-order valence-electron chi connectivity index (χ1n) is 9.61. The molecule has 28 heavy (non-hydrogen) atoms. The van der Waals surface area contributed by atoms with E-state index >= 15 is 0 Å². The van der Waals surface area contributed by atoms with E-state index in [0.29, 0.717) is 22.4 Å². The molecule has 2 aromatic rings. The summed E-state index contributed by atoms with van der Waals surface area (Å²) >= 11 is 5.97. The third-order valence-corrected chi connectivity index (χ3v) is 5.41. The van der Waals surface area contributed by atoms with Crippen LogP contribution in [0, 0.1) is 25.7 Å². The van der Waals surface area contributed by atoms with Crippen LogP contribution in [0.3, 0.4) is 0 Å². The number of carbonyl (C=O) groups excluding carboxylic acids is 2. The van der Waals surface area contributed by atoms with E-state index in [1.54, 1.807) is 25.1 Å². The number of amides is 2. The summed E-state index contributed by atoms with van der Waals surface area (Å²) < 4.78 is 5.77. The van der Waals surface area contributed by atoms with Crippen LogP contribution in [0.4, 0.5) is 5.69 Å². The minimum atomic E-state index is -0.370. The zero-order chi connectivity index (χ0) is 20.4. The van der Waals surface area contributed by atoms with Gasteiger partial charge in [0.05, 0.1) is 0 Å². The number of hydrogen-bond acceptors (Lipinski definition) is 4. The van der Waals surface area contributed by atoms with Crippen molar-refractivity contribution in [2.75, 3.05) is 5.32 Å². The van der Waals surface area contributed by atoms with Crippen LogP contribution >= 0.6 is 11.6 Å². The van der Waals surface area contributed by atoms with Crippen LogP contribution in [-0.4, -0.2) is 16.8 Å². The van der Waals surface area contributed by atoms with E-state index in [1.165, 1.54) is 0 Å². The van der Waals surface area contributed by atoms with Crippen molar-refractivity contribution in [3.05, 3.63) is 46.1 Å². The minimum Gasteiger partial charge on any atom is -0.443 e. The lowest BCUT2D eigenvalue weighted by Crippen LogP contribution is -2.38. The summed E-state index contributed by atoms with van der Waals surface area (Å²) in [5.74, 6) is 0.611. The number of aryl methyl sites for hydroxylation is 2. The molecule has 1 aliphatic rings. The van der Waals surface area contributed by atoms with Crippen LogP contribution in [0.1, 0.15) is 66.9 Å². The van der Waals surface area contributed by atoms with E-state index in [0.717, 1.165) is 24.8 Å². The molecule has 2 N–H and O–H groups in total. The van der Waals surface area contributed by atoms with E-state index in [1.807, 2.05) is 20.8 Å². The van der Waals surface area contributed by atoms with E-state index in [9.17, 15) is 9.59 Å². The van der Waals surface area contributed by atoms with Crippen LogP contribution in [0.25, 0.3) is 0 Å². The maximum atomic E-state index is 12.7. The fourth-order valence-corrected chi connectivity index (χ4v) is 3.39. The predicted molar refractivity (Wildman–Crippen MR) is 108 cm³/mol. The number of nitrogens with zero attached hydrogens (tertiary/aromatic N) is 1. The average molecular weight is 404 g/mol. The lowest BCUT2D eigenvalue weighted by atomic mass is 9.84. The monoisotopic (exact) mass is 403 g/mol. The van der Waals surface area contributed by atoms with Gasteiger partial charge in [-0.2, -0.15) is 0 Å². The van der Waals surface area contributed by atoms with Crippen molar-refractivity contribution < 1.29 is 14.0 Å². The maximum absolute atomic E-state index is 12.7. The molecule has 0 radical (unpaired) electrons. The molecule has 1 atom stereocenters. The molecule has 0 aliphatic heterocycles. The van der Waals surface area contributed by atoms with E-state index in [4.69, 9.17) is 16.0 Å². The van der Waals surface area contributed by atoms with Gasteiger partial charge in [0.25, 0.3) is 5.91 Å². The van der Waals surface area contributed by atoms with Gasteiger partial charge in [0.15, 0.2) is 5.69 Å². The fraction of sp³-hybridized carbons (Fsp3) is 0.476. The Labute approximate surface area is 170 Å². The van der Waals surface area contributed by atoms with Crippen LogP contribution in [0.15, 0.2) is 22.6 Å². The highest BCUT2D eigenvalue weighted by Crippen LogP contribution is 2.29. The summed E-state index contributed by atoms with van der Waals surface area (Å²) in [6.45, 7) is 7.54. The second kappa shape index (κ2) is 8.35. The van der Waals surface area contributed by atoms with Crippen molar-refractivity contribution in [1.82, 2.24) is 10.3 Å². The van der Waals surface area contributed by atoms with Gasteiger partial charge in [-0.25, -0.2) is 4.98 Å². The lowest BCUT2D eigenvalue weighted by molar-refractivity contribution is -0.128. The van der Waals surface area contributed by atoms with Crippen LogP contribution in [-0.2, 0) is 4.79 Å². The molecule has 1 aliphatic carbocycles. The molecule has 2 amide bonds. The molecule has 1 fully saturated rings. The first-order valence-corrected chi connectivity index (χ1v) is 9.99. The van der Waals surface area contributed by atoms with E-state index < -0.39 is 0 Å². The molecular weight excluding hydrogens is 378 g/mol. The molecule has 0 spiro atoms. The molecule has 1 heterocycles. The Morgan fingerprint density at radius 2 is 1.96 bits per heavy atom. The Balaban J connectivity index is 1.78. The molecule has 6 nitrogen and oxygen atoms in total. The summed E-state index contributed by atoms with van der Waals surface area (Å²) in [5.41, 5.74) is 1.74. The van der Waals surface area contributed by atoms with Crippen LogP contribution < -0.4 is 10.6 Å². The number of hydrogen-bond donors (Lipinski definition) is 2. The quantitative estimate of drug-likeness (QED) is 0.724. The molecule has 0 bridgehead atoms. The molecule has 0 unspecified atom stereocenters. The topological polar surface area (TPSA) is 84.2 Å². The van der Waals surface area contributed by atoms with Gasteiger partial charge in [0, 0.05) is 16.6 Å². The number of nitrogens with one attached hydrogen (secondary N) is 2. The van der Waals surface area contributed by atoms with Crippen molar-refractivity contribution in [2.24, 2.45) is 11.8 Å². The van der Waals surface area contributed by atoms with Gasteiger partial charge in [0.1, 0.15) is 11.8 Å². The highest BCUT2D eigenvalue weighted by Gasteiger charge is 2.31. The third kappa shape index (κ3) is 4.38. The summed E-state index contributed by atoms with van der Waals surface area (Å²) in [6.07, 6.45) is 2.95. The number of carbonyl (C=O) groups is 2. The van der Waals surface area contributed by atoms with Crippen molar-refractivity contribution in [3.8, 4) is 0 Å². The summed E-state index contributed by atoms with van der Waals surface area (Å²) in [5, 5.41) is 6.49.